The first kappa shape index (κ1) is 14.6. The summed E-state index contributed by atoms with van der Waals surface area (Å²) in [5.41, 5.74) is 0. The second kappa shape index (κ2) is 5.15. The van der Waals surface area contributed by atoms with Gasteiger partial charge in [0, 0.05) is 25.7 Å². The molecule has 5 rings (SSSR count). The zero-order valence-corrected chi connectivity index (χ0v) is 13.8. The molecule has 3 amide bonds. The molecule has 0 N–H and O–H groups in total. The van der Waals surface area contributed by atoms with Gasteiger partial charge in [-0.25, -0.2) is 0 Å². The van der Waals surface area contributed by atoms with Crippen LogP contribution in [0.5, 0.6) is 0 Å². The Kier molecular flexibility index (Phi) is 3.14. The monoisotopic (exact) mass is 329 g/mol. The molecule has 0 aromatic carbocycles. The molecular weight excluding hydrogens is 306 g/mol. The zero-order valence-electron chi connectivity index (χ0n) is 13.8. The third kappa shape index (κ3) is 1.95. The molecule has 3 saturated heterocycles. The molecular formula is C18H23N3O3. The van der Waals surface area contributed by atoms with Gasteiger partial charge in [0.15, 0.2) is 0 Å². The van der Waals surface area contributed by atoms with Crippen LogP contribution in [0.2, 0.25) is 0 Å². The number of rotatable bonds is 2. The van der Waals surface area contributed by atoms with Gasteiger partial charge in [-0.15, -0.1) is 0 Å². The third-order valence-electron chi connectivity index (χ3n) is 6.80. The van der Waals surface area contributed by atoms with Gasteiger partial charge in [-0.05, 0) is 37.6 Å². The number of nitrogens with zero attached hydrogens (tertiary/aromatic N) is 3. The van der Waals surface area contributed by atoms with Crippen LogP contribution in [0.3, 0.4) is 0 Å². The molecule has 5 aliphatic rings. The summed E-state index contributed by atoms with van der Waals surface area (Å²) in [5.74, 6) is -0.288. The molecule has 5 atom stereocenters. The number of likely N-dealkylation sites (tertiary alicyclic amines) is 1. The topological polar surface area (TPSA) is 60.9 Å². The van der Waals surface area contributed by atoms with E-state index in [4.69, 9.17) is 0 Å². The largest absolute Gasteiger partial charge is 0.338 e. The van der Waals surface area contributed by atoms with E-state index in [1.807, 2.05) is 4.90 Å². The Labute approximate surface area is 141 Å². The van der Waals surface area contributed by atoms with Crippen LogP contribution in [0.15, 0.2) is 12.2 Å². The number of carbonyl (C=O) groups is 3. The molecule has 4 fully saturated rings. The van der Waals surface area contributed by atoms with Crippen molar-refractivity contribution in [3.63, 3.8) is 0 Å². The van der Waals surface area contributed by atoms with Crippen molar-refractivity contribution in [1.82, 2.24) is 14.7 Å². The van der Waals surface area contributed by atoms with E-state index >= 15 is 0 Å². The summed E-state index contributed by atoms with van der Waals surface area (Å²) in [5, 5.41) is 0. The van der Waals surface area contributed by atoms with Gasteiger partial charge in [-0.2, -0.15) is 0 Å². The lowest BCUT2D eigenvalue weighted by Gasteiger charge is -2.38. The number of allylic oxidation sites excluding steroid dienone is 2. The lowest BCUT2D eigenvalue weighted by Crippen LogP contribution is -2.54. The molecule has 3 heterocycles. The highest BCUT2D eigenvalue weighted by Crippen LogP contribution is 2.52. The van der Waals surface area contributed by atoms with Crippen molar-refractivity contribution in [2.45, 2.75) is 25.3 Å². The van der Waals surface area contributed by atoms with Gasteiger partial charge in [0.25, 0.3) is 0 Å². The molecule has 3 aliphatic heterocycles. The fourth-order valence-corrected chi connectivity index (χ4v) is 5.57. The van der Waals surface area contributed by atoms with Crippen molar-refractivity contribution >= 4 is 17.7 Å². The number of imide groups is 1. The van der Waals surface area contributed by atoms with Crippen LogP contribution in [0.1, 0.15) is 19.3 Å². The van der Waals surface area contributed by atoms with Crippen molar-refractivity contribution in [3.05, 3.63) is 12.2 Å². The molecule has 5 unspecified atom stereocenters. The Morgan fingerprint density at radius 3 is 2.46 bits per heavy atom. The summed E-state index contributed by atoms with van der Waals surface area (Å²) in [6, 6.07) is 0.465. The summed E-state index contributed by atoms with van der Waals surface area (Å²) >= 11 is 0. The first-order valence-electron chi connectivity index (χ1n) is 9.19. The number of hydrogen-bond donors (Lipinski definition) is 0. The first-order chi connectivity index (χ1) is 11.6. The van der Waals surface area contributed by atoms with Crippen LogP contribution in [-0.4, -0.2) is 71.2 Å². The van der Waals surface area contributed by atoms with Crippen molar-refractivity contribution in [2.24, 2.45) is 23.7 Å². The fraction of sp³-hybridized carbons (Fsp3) is 0.722. The van der Waals surface area contributed by atoms with Crippen LogP contribution >= 0.6 is 0 Å². The molecule has 0 aromatic heterocycles. The van der Waals surface area contributed by atoms with Crippen molar-refractivity contribution in [1.29, 1.82) is 0 Å². The van der Waals surface area contributed by atoms with E-state index in [1.54, 1.807) is 0 Å². The predicted octanol–water partition coefficient (Wildman–Crippen LogP) is 0.100. The molecule has 0 spiro atoms. The Morgan fingerprint density at radius 1 is 1.04 bits per heavy atom. The number of amides is 3. The number of hydrogen-bond acceptors (Lipinski definition) is 4. The summed E-state index contributed by atoms with van der Waals surface area (Å²) < 4.78 is 0. The van der Waals surface area contributed by atoms with Gasteiger partial charge in [-0.1, -0.05) is 12.2 Å². The Morgan fingerprint density at radius 2 is 1.75 bits per heavy atom. The first-order valence-corrected chi connectivity index (χ1v) is 9.19. The lowest BCUT2D eigenvalue weighted by molar-refractivity contribution is -0.148. The number of carbonyl (C=O) groups excluding carboxylic acids is 3. The zero-order chi connectivity index (χ0) is 16.4. The van der Waals surface area contributed by atoms with E-state index < -0.39 is 0 Å². The third-order valence-corrected chi connectivity index (χ3v) is 6.80. The van der Waals surface area contributed by atoms with E-state index in [1.165, 1.54) is 11.3 Å². The van der Waals surface area contributed by atoms with Crippen molar-refractivity contribution < 1.29 is 14.4 Å². The van der Waals surface area contributed by atoms with Gasteiger partial charge in [0.05, 0.1) is 11.8 Å². The number of piperazine rings is 1. The maximum atomic E-state index is 12.7. The minimum absolute atomic E-state index is 0.0587. The second-order valence-corrected chi connectivity index (χ2v) is 7.93. The fourth-order valence-electron chi connectivity index (χ4n) is 5.57. The summed E-state index contributed by atoms with van der Waals surface area (Å²) in [6.07, 6.45) is 7.45. The highest BCUT2D eigenvalue weighted by atomic mass is 16.2. The standard InChI is InChI=1S/C18H23N3O3/c22-14(20-7-6-19-5-1-2-13(19)9-20)10-21-17(23)15-11-3-4-12(8-11)16(15)18(21)24/h3-4,11-13,15-16H,1-2,5-10H2. The van der Waals surface area contributed by atoms with Gasteiger partial charge in [-0.3, -0.25) is 24.2 Å². The van der Waals surface area contributed by atoms with E-state index in [-0.39, 0.29) is 47.9 Å². The summed E-state index contributed by atoms with van der Waals surface area (Å²) in [7, 11) is 0. The van der Waals surface area contributed by atoms with Crippen LogP contribution in [0.4, 0.5) is 0 Å². The van der Waals surface area contributed by atoms with Crippen LogP contribution < -0.4 is 0 Å². The Hall–Kier alpha value is -1.69. The molecule has 2 aliphatic carbocycles. The lowest BCUT2D eigenvalue weighted by atomic mass is 9.85. The average Bonchev–Trinajstić information content (AvgIpc) is 3.34. The minimum Gasteiger partial charge on any atom is -0.338 e. The maximum absolute atomic E-state index is 12.7. The van der Waals surface area contributed by atoms with E-state index in [2.05, 4.69) is 17.1 Å². The van der Waals surface area contributed by atoms with E-state index in [0.29, 0.717) is 12.6 Å². The summed E-state index contributed by atoms with van der Waals surface area (Å²) in [6.45, 7) is 3.45. The van der Waals surface area contributed by atoms with E-state index in [9.17, 15) is 14.4 Å². The molecule has 0 radical (unpaired) electrons. The Bertz CT molecular complexity index is 615. The molecule has 1 saturated carbocycles. The SMILES string of the molecule is O=C(CN1C(=O)C2C3C=CC(C3)C2C1=O)N1CCN2CCCC2C1. The predicted molar refractivity (Wildman–Crippen MR) is 85.6 cm³/mol. The molecule has 24 heavy (non-hydrogen) atoms. The molecule has 6 nitrogen and oxygen atoms in total. The number of fused-ring (bicyclic) bond motifs is 6. The van der Waals surface area contributed by atoms with Gasteiger partial charge < -0.3 is 4.90 Å². The van der Waals surface area contributed by atoms with E-state index in [0.717, 1.165) is 32.5 Å². The molecule has 6 heteroatoms. The minimum atomic E-state index is -0.202. The molecule has 128 valence electrons. The van der Waals surface area contributed by atoms with Gasteiger partial charge >= 0.3 is 0 Å². The Balaban J connectivity index is 1.27. The van der Waals surface area contributed by atoms with Crippen LogP contribution in [0.25, 0.3) is 0 Å². The maximum Gasteiger partial charge on any atom is 0.242 e. The molecule has 0 aromatic rings. The second-order valence-electron chi connectivity index (χ2n) is 7.93. The quantitative estimate of drug-likeness (QED) is 0.533. The molecule has 2 bridgehead atoms. The summed E-state index contributed by atoms with van der Waals surface area (Å²) in [4.78, 5) is 43.6. The van der Waals surface area contributed by atoms with Crippen LogP contribution in [0, 0.1) is 23.7 Å². The highest BCUT2D eigenvalue weighted by Gasteiger charge is 2.59. The average molecular weight is 329 g/mol. The highest BCUT2D eigenvalue weighted by molar-refractivity contribution is 6.08. The smallest absolute Gasteiger partial charge is 0.242 e. The normalized spacial score (nSPS) is 40.6. The van der Waals surface area contributed by atoms with Crippen molar-refractivity contribution in [3.8, 4) is 0 Å². The van der Waals surface area contributed by atoms with Gasteiger partial charge in [0.2, 0.25) is 17.7 Å². The van der Waals surface area contributed by atoms with Crippen molar-refractivity contribution in [2.75, 3.05) is 32.7 Å². The van der Waals surface area contributed by atoms with Crippen LogP contribution in [-0.2, 0) is 14.4 Å². The van der Waals surface area contributed by atoms with Gasteiger partial charge in [0.1, 0.15) is 6.54 Å².